The zero-order valence-electron chi connectivity index (χ0n) is 14.7. The molecule has 5 nitrogen and oxygen atoms in total. The molecule has 0 fully saturated rings. The van der Waals surface area contributed by atoms with Crippen LogP contribution in [0.1, 0.15) is 19.4 Å². The minimum Gasteiger partial charge on any atom is -0.497 e. The maximum Gasteiger partial charge on any atom is 0.336 e. The number of ether oxygens (including phenoxy) is 4. The van der Waals surface area contributed by atoms with Gasteiger partial charge in [0.15, 0.2) is 11.5 Å². The Morgan fingerprint density at radius 2 is 1.56 bits per heavy atom. The molecule has 0 bridgehead atoms. The number of benzene rings is 2. The molecule has 25 heavy (non-hydrogen) atoms. The van der Waals surface area contributed by atoms with Crippen LogP contribution in [-0.4, -0.2) is 26.3 Å². The van der Waals surface area contributed by atoms with Crippen LogP contribution in [0.4, 0.5) is 0 Å². The first-order valence-corrected chi connectivity index (χ1v) is 8.09. The molecule has 0 aromatic heterocycles. The van der Waals surface area contributed by atoms with E-state index in [0.717, 1.165) is 5.56 Å². The Labute approximate surface area is 147 Å². The maximum absolute atomic E-state index is 11.9. The second-order valence-corrected chi connectivity index (χ2v) is 5.00. The lowest BCUT2D eigenvalue weighted by molar-refractivity contribution is -0.128. The summed E-state index contributed by atoms with van der Waals surface area (Å²) in [7, 11) is 1.58. The van der Waals surface area contributed by atoms with Crippen LogP contribution in [0.15, 0.2) is 48.5 Å². The van der Waals surface area contributed by atoms with E-state index in [9.17, 15) is 4.79 Å². The lowest BCUT2D eigenvalue weighted by atomic mass is 10.2. The van der Waals surface area contributed by atoms with Crippen LogP contribution in [0.3, 0.4) is 0 Å². The van der Waals surface area contributed by atoms with Gasteiger partial charge in [-0.25, -0.2) is 4.79 Å². The van der Waals surface area contributed by atoms with E-state index in [4.69, 9.17) is 18.9 Å². The van der Waals surface area contributed by atoms with Crippen molar-refractivity contribution >= 4 is 12.0 Å². The zero-order chi connectivity index (χ0) is 18.1. The third-order valence-corrected chi connectivity index (χ3v) is 3.26. The number of methoxy groups -OCH3 is 1. The molecular formula is C20H22O5. The second-order valence-electron chi connectivity index (χ2n) is 5.00. The highest BCUT2D eigenvalue weighted by molar-refractivity contribution is 5.88. The first-order chi connectivity index (χ1) is 12.2. The molecule has 0 aliphatic carbocycles. The van der Waals surface area contributed by atoms with E-state index in [-0.39, 0.29) is 0 Å². The summed E-state index contributed by atoms with van der Waals surface area (Å²) in [5, 5.41) is 0. The third kappa shape index (κ3) is 5.57. The topological polar surface area (TPSA) is 54.0 Å². The third-order valence-electron chi connectivity index (χ3n) is 3.26. The smallest absolute Gasteiger partial charge is 0.336 e. The van der Waals surface area contributed by atoms with Gasteiger partial charge in [0, 0.05) is 6.08 Å². The maximum atomic E-state index is 11.9. The van der Waals surface area contributed by atoms with Gasteiger partial charge in [-0.3, -0.25) is 0 Å². The minimum atomic E-state index is -0.461. The first-order valence-electron chi connectivity index (χ1n) is 8.09. The Bertz CT molecular complexity index is 719. The van der Waals surface area contributed by atoms with Crippen molar-refractivity contribution in [3.63, 3.8) is 0 Å². The van der Waals surface area contributed by atoms with E-state index in [1.807, 2.05) is 32.0 Å². The zero-order valence-corrected chi connectivity index (χ0v) is 14.7. The molecule has 0 radical (unpaired) electrons. The van der Waals surface area contributed by atoms with Crippen molar-refractivity contribution in [2.45, 2.75) is 13.8 Å². The Morgan fingerprint density at radius 3 is 2.20 bits per heavy atom. The van der Waals surface area contributed by atoms with Gasteiger partial charge in [-0.05, 0) is 61.9 Å². The summed E-state index contributed by atoms with van der Waals surface area (Å²) in [4.78, 5) is 11.9. The van der Waals surface area contributed by atoms with Gasteiger partial charge in [0.1, 0.15) is 11.5 Å². The summed E-state index contributed by atoms with van der Waals surface area (Å²) in [6.07, 6.45) is 3.04. The standard InChI is InChI=1S/C20H22O5/c1-4-23-18-12-6-15(14-19(18)24-5-2)7-13-20(21)25-17-10-8-16(22-3)9-11-17/h6-14H,4-5H2,1-3H3. The van der Waals surface area contributed by atoms with Crippen LogP contribution in [0.25, 0.3) is 6.08 Å². The molecule has 2 aromatic carbocycles. The monoisotopic (exact) mass is 342 g/mol. The molecule has 0 saturated carbocycles. The van der Waals surface area contributed by atoms with E-state index in [2.05, 4.69) is 0 Å². The molecule has 0 aliphatic rings. The highest BCUT2D eigenvalue weighted by atomic mass is 16.5. The predicted molar refractivity (Wildman–Crippen MR) is 96.4 cm³/mol. The van der Waals surface area contributed by atoms with Gasteiger partial charge in [0.2, 0.25) is 0 Å². The molecule has 0 unspecified atom stereocenters. The van der Waals surface area contributed by atoms with Crippen molar-refractivity contribution in [1.82, 2.24) is 0 Å². The van der Waals surface area contributed by atoms with Crippen LogP contribution in [0, 0.1) is 0 Å². The fourth-order valence-corrected chi connectivity index (χ4v) is 2.13. The summed E-state index contributed by atoms with van der Waals surface area (Å²) < 4.78 is 21.4. The van der Waals surface area contributed by atoms with Gasteiger partial charge < -0.3 is 18.9 Å². The molecule has 0 atom stereocenters. The number of hydrogen-bond acceptors (Lipinski definition) is 5. The average molecular weight is 342 g/mol. The van der Waals surface area contributed by atoms with Crippen molar-refractivity contribution in [1.29, 1.82) is 0 Å². The molecule has 2 rings (SSSR count). The molecule has 0 saturated heterocycles. The van der Waals surface area contributed by atoms with Crippen LogP contribution in [-0.2, 0) is 4.79 Å². The van der Waals surface area contributed by atoms with E-state index >= 15 is 0 Å². The summed E-state index contributed by atoms with van der Waals surface area (Å²) in [6.45, 7) is 4.92. The fraction of sp³-hybridized carbons (Fsp3) is 0.250. The fourth-order valence-electron chi connectivity index (χ4n) is 2.13. The first kappa shape index (κ1) is 18.4. The Morgan fingerprint density at radius 1 is 0.920 bits per heavy atom. The van der Waals surface area contributed by atoms with Crippen LogP contribution in [0.2, 0.25) is 0 Å². The Balaban J connectivity index is 2.04. The molecule has 2 aromatic rings. The van der Waals surface area contributed by atoms with Gasteiger partial charge in [-0.1, -0.05) is 6.07 Å². The van der Waals surface area contributed by atoms with Crippen molar-refractivity contribution in [2.75, 3.05) is 20.3 Å². The lowest BCUT2D eigenvalue weighted by Crippen LogP contribution is -2.03. The summed E-state index contributed by atoms with van der Waals surface area (Å²) in [5.41, 5.74) is 0.818. The summed E-state index contributed by atoms with van der Waals surface area (Å²) in [6, 6.07) is 12.3. The average Bonchev–Trinajstić information content (AvgIpc) is 2.63. The summed E-state index contributed by atoms with van der Waals surface area (Å²) >= 11 is 0. The molecule has 0 amide bonds. The van der Waals surface area contributed by atoms with Crippen LogP contribution >= 0.6 is 0 Å². The lowest BCUT2D eigenvalue weighted by Gasteiger charge is -2.11. The largest absolute Gasteiger partial charge is 0.497 e. The predicted octanol–water partition coefficient (Wildman–Crippen LogP) is 4.11. The second kappa shape index (κ2) is 9.37. The van der Waals surface area contributed by atoms with E-state index in [1.165, 1.54) is 6.08 Å². The number of hydrogen-bond donors (Lipinski definition) is 0. The number of esters is 1. The SMILES string of the molecule is CCOc1ccc(C=CC(=O)Oc2ccc(OC)cc2)cc1OCC. The molecular weight excluding hydrogens is 320 g/mol. The summed E-state index contributed by atoms with van der Waals surface area (Å²) in [5.74, 6) is 2.03. The quantitative estimate of drug-likeness (QED) is 0.410. The van der Waals surface area contributed by atoms with E-state index in [1.54, 1.807) is 37.5 Å². The molecule has 132 valence electrons. The Kier molecular flexibility index (Phi) is 6.89. The van der Waals surface area contributed by atoms with Crippen molar-refractivity contribution < 1.29 is 23.7 Å². The highest BCUT2D eigenvalue weighted by Crippen LogP contribution is 2.29. The Hall–Kier alpha value is -2.95. The number of carbonyl (C=O) groups excluding carboxylic acids is 1. The van der Waals surface area contributed by atoms with Crippen molar-refractivity contribution in [3.8, 4) is 23.0 Å². The van der Waals surface area contributed by atoms with Gasteiger partial charge in [0.05, 0.1) is 20.3 Å². The number of carbonyl (C=O) groups is 1. The molecule has 0 heterocycles. The van der Waals surface area contributed by atoms with Crippen LogP contribution in [0.5, 0.6) is 23.0 Å². The molecule has 0 aliphatic heterocycles. The van der Waals surface area contributed by atoms with Gasteiger partial charge >= 0.3 is 5.97 Å². The molecule has 0 spiro atoms. The van der Waals surface area contributed by atoms with Gasteiger partial charge in [-0.2, -0.15) is 0 Å². The normalized spacial score (nSPS) is 10.5. The van der Waals surface area contributed by atoms with Gasteiger partial charge in [0.25, 0.3) is 0 Å². The van der Waals surface area contributed by atoms with Gasteiger partial charge in [-0.15, -0.1) is 0 Å². The number of rotatable bonds is 8. The molecule has 5 heteroatoms. The minimum absolute atomic E-state index is 0.456. The van der Waals surface area contributed by atoms with Crippen molar-refractivity contribution in [2.24, 2.45) is 0 Å². The van der Waals surface area contributed by atoms with E-state index in [0.29, 0.717) is 36.2 Å². The molecule has 0 N–H and O–H groups in total. The highest BCUT2D eigenvalue weighted by Gasteiger charge is 2.06. The van der Waals surface area contributed by atoms with Crippen molar-refractivity contribution in [3.05, 3.63) is 54.1 Å². The van der Waals surface area contributed by atoms with E-state index < -0.39 is 5.97 Å². The van der Waals surface area contributed by atoms with Crippen LogP contribution < -0.4 is 18.9 Å².